The average Bonchev–Trinajstić information content (AvgIpc) is 3.81. The molecule has 3 amide bonds. The normalized spacial score (nSPS) is 17.7. The van der Waals surface area contributed by atoms with E-state index in [0.29, 0.717) is 17.5 Å². The van der Waals surface area contributed by atoms with Crippen molar-refractivity contribution in [2.45, 2.75) is 65.5 Å². The van der Waals surface area contributed by atoms with Crippen LogP contribution in [0, 0.1) is 17.8 Å². The van der Waals surface area contributed by atoms with E-state index in [0.717, 1.165) is 29.5 Å². The Balaban J connectivity index is 1.33. The van der Waals surface area contributed by atoms with Crippen LogP contribution in [-0.4, -0.2) is 44.3 Å². The highest BCUT2D eigenvalue weighted by Crippen LogP contribution is 2.36. The molecule has 3 atom stereocenters. The van der Waals surface area contributed by atoms with Crippen LogP contribution in [0.1, 0.15) is 90.8 Å². The molecule has 3 N–H and O–H groups in total. The van der Waals surface area contributed by atoms with Crippen LogP contribution in [0.2, 0.25) is 0 Å². The van der Waals surface area contributed by atoms with Crippen molar-refractivity contribution in [3.05, 3.63) is 102 Å². The third-order valence-corrected chi connectivity index (χ3v) is 9.72. The summed E-state index contributed by atoms with van der Waals surface area (Å²) >= 11 is 0. The number of furan rings is 1. The first-order valence-electron chi connectivity index (χ1n) is 17.3. The molecule has 0 spiro atoms. The molecule has 51 heavy (non-hydrogen) atoms. The van der Waals surface area contributed by atoms with Crippen molar-refractivity contribution >= 4 is 46.4 Å². The third kappa shape index (κ3) is 7.45. The zero-order valence-corrected chi connectivity index (χ0v) is 29.7. The van der Waals surface area contributed by atoms with E-state index in [1.165, 1.54) is 6.07 Å². The number of carbonyl (C=O) groups is 4. The quantitative estimate of drug-likeness (QED) is 0.144. The summed E-state index contributed by atoms with van der Waals surface area (Å²) < 4.78 is 14.9. The van der Waals surface area contributed by atoms with Gasteiger partial charge in [-0.2, -0.15) is 4.68 Å². The highest BCUT2D eigenvalue weighted by atomic mass is 16.6. The molecule has 2 aromatic carbocycles. The average molecular weight is 693 g/mol. The van der Waals surface area contributed by atoms with Crippen molar-refractivity contribution in [3.63, 3.8) is 0 Å². The van der Waals surface area contributed by atoms with Crippen molar-refractivity contribution in [2.75, 3.05) is 10.6 Å². The molecule has 0 unspecified atom stereocenters. The minimum atomic E-state index is -0.754. The fraction of sp³-hybridized carbons (Fsp3) is 0.359. The molecular weight excluding hydrogens is 648 g/mol. The van der Waals surface area contributed by atoms with Gasteiger partial charge in [0.2, 0.25) is 0 Å². The van der Waals surface area contributed by atoms with Gasteiger partial charge >= 0.3 is 6.09 Å². The lowest BCUT2D eigenvalue weighted by Gasteiger charge is -2.36. The zero-order chi connectivity index (χ0) is 36.4. The first kappa shape index (κ1) is 35.2. The number of rotatable bonds is 9. The molecule has 12 heteroatoms. The lowest BCUT2D eigenvalue weighted by Crippen LogP contribution is -2.40. The van der Waals surface area contributed by atoms with Gasteiger partial charge in [0.25, 0.3) is 17.7 Å². The number of aromatic nitrogens is 3. The second-order valence-electron chi connectivity index (χ2n) is 14.2. The molecular formula is C39H44N6O6. The third-order valence-electron chi connectivity index (χ3n) is 9.72. The summed E-state index contributed by atoms with van der Waals surface area (Å²) in [5.74, 6) is -0.818. The summed E-state index contributed by atoms with van der Waals surface area (Å²) in [4.78, 5) is 54.2. The van der Waals surface area contributed by atoms with Crippen LogP contribution in [-0.2, 0) is 17.3 Å². The Hall–Kier alpha value is -5.65. The van der Waals surface area contributed by atoms with Gasteiger partial charge in [-0.3, -0.25) is 14.4 Å². The number of nitrogens with zero attached hydrogens (tertiary/aromatic N) is 3. The van der Waals surface area contributed by atoms with Crippen LogP contribution in [0.3, 0.4) is 0 Å². The molecule has 3 heterocycles. The SMILES string of the molecule is CC(C)[C@@H]1CC[C@@H](C)C[C@H]1OC(=O)n1nc(NC(=O)c2ccccc2NC(=O)c2cccn2C)c2oc(C(=O)NC(C)(C)c3ccccc3)cc21. The van der Waals surface area contributed by atoms with Crippen LogP contribution < -0.4 is 16.0 Å². The van der Waals surface area contributed by atoms with Gasteiger partial charge in [0, 0.05) is 19.3 Å². The molecule has 12 nitrogen and oxygen atoms in total. The molecule has 3 aromatic heterocycles. The molecule has 5 aromatic rings. The molecule has 1 aliphatic carbocycles. The molecule has 6 rings (SSSR count). The highest BCUT2D eigenvalue weighted by molar-refractivity contribution is 6.14. The van der Waals surface area contributed by atoms with Crippen LogP contribution in [0.5, 0.6) is 0 Å². The van der Waals surface area contributed by atoms with Gasteiger partial charge in [-0.1, -0.05) is 69.7 Å². The zero-order valence-electron chi connectivity index (χ0n) is 29.7. The minimum Gasteiger partial charge on any atom is -0.445 e. The number of ether oxygens (including phenoxy) is 1. The highest BCUT2D eigenvalue weighted by Gasteiger charge is 2.35. The van der Waals surface area contributed by atoms with Crippen molar-refractivity contribution in [1.29, 1.82) is 0 Å². The number of para-hydroxylation sites is 1. The summed E-state index contributed by atoms with van der Waals surface area (Å²) in [7, 11) is 1.75. The Labute approximate surface area is 296 Å². The van der Waals surface area contributed by atoms with E-state index in [2.05, 4.69) is 41.8 Å². The molecule has 1 fully saturated rings. The van der Waals surface area contributed by atoms with Crippen molar-refractivity contribution in [3.8, 4) is 0 Å². The van der Waals surface area contributed by atoms with Crippen molar-refractivity contribution in [1.82, 2.24) is 19.7 Å². The Morgan fingerprint density at radius 2 is 1.65 bits per heavy atom. The maximum atomic E-state index is 13.9. The number of benzene rings is 2. The monoisotopic (exact) mass is 692 g/mol. The minimum absolute atomic E-state index is 0.0192. The van der Waals surface area contributed by atoms with E-state index in [4.69, 9.17) is 9.15 Å². The number of nitrogens with one attached hydrogen (secondary N) is 3. The molecule has 0 radical (unpaired) electrons. The van der Waals surface area contributed by atoms with Crippen molar-refractivity contribution in [2.24, 2.45) is 24.8 Å². The van der Waals surface area contributed by atoms with Gasteiger partial charge in [-0.05, 0) is 74.3 Å². The molecule has 1 aliphatic rings. The van der Waals surface area contributed by atoms with Gasteiger partial charge < -0.3 is 29.7 Å². The Kier molecular flexibility index (Phi) is 9.86. The van der Waals surface area contributed by atoms with Gasteiger partial charge in [-0.25, -0.2) is 4.79 Å². The lowest BCUT2D eigenvalue weighted by atomic mass is 9.75. The predicted octanol–water partition coefficient (Wildman–Crippen LogP) is 7.58. The number of hydrogen-bond donors (Lipinski definition) is 3. The Bertz CT molecular complexity index is 2070. The smallest absolute Gasteiger partial charge is 0.435 e. The summed E-state index contributed by atoms with van der Waals surface area (Å²) in [6, 6.07) is 20.9. The summed E-state index contributed by atoms with van der Waals surface area (Å²) in [5.41, 5.74) is 1.14. The van der Waals surface area contributed by atoms with Gasteiger partial charge in [0.05, 0.1) is 16.8 Å². The van der Waals surface area contributed by atoms with Crippen LogP contribution in [0.4, 0.5) is 16.3 Å². The summed E-state index contributed by atoms with van der Waals surface area (Å²) in [6.07, 6.45) is 3.42. The maximum Gasteiger partial charge on any atom is 0.435 e. The van der Waals surface area contributed by atoms with Crippen LogP contribution >= 0.6 is 0 Å². The molecule has 0 bridgehead atoms. The van der Waals surface area contributed by atoms with Crippen LogP contribution in [0.15, 0.2) is 83.4 Å². The largest absolute Gasteiger partial charge is 0.445 e. The summed E-state index contributed by atoms with van der Waals surface area (Å²) in [6.45, 7) is 10.1. The number of amides is 3. The summed E-state index contributed by atoms with van der Waals surface area (Å²) in [5, 5.41) is 13.0. The first-order valence-corrected chi connectivity index (χ1v) is 17.3. The molecule has 266 valence electrons. The number of fused-ring (bicyclic) bond motifs is 1. The van der Waals surface area contributed by atoms with Crippen LogP contribution in [0.25, 0.3) is 11.1 Å². The molecule has 1 saturated carbocycles. The van der Waals surface area contributed by atoms with E-state index < -0.39 is 29.4 Å². The second kappa shape index (κ2) is 14.3. The second-order valence-corrected chi connectivity index (χ2v) is 14.2. The molecule has 0 aliphatic heterocycles. The van der Waals surface area contributed by atoms with E-state index in [1.807, 2.05) is 44.2 Å². The van der Waals surface area contributed by atoms with Gasteiger partial charge in [0.1, 0.15) is 17.3 Å². The standard InChI is InChI=1S/C39H44N6O6/c1-23(2)26-19-18-24(3)21-31(26)51-38(49)45-30-22-32(37(48)42-39(4,5)25-13-8-7-9-14-25)50-33(30)34(43-45)41-35(46)27-15-10-11-16-28(27)40-36(47)29-17-12-20-44(29)6/h7-17,20,22-24,26,31H,18-19,21H2,1-6H3,(H,40,47)(H,42,48)(H,41,43,46)/t24-,26+,31-/m1/s1. The van der Waals surface area contributed by atoms with E-state index in [1.54, 1.807) is 54.2 Å². The molecule has 0 saturated heterocycles. The lowest BCUT2D eigenvalue weighted by molar-refractivity contribution is 0.00595. The van der Waals surface area contributed by atoms with Crippen molar-refractivity contribution < 1.29 is 28.3 Å². The maximum absolute atomic E-state index is 13.9. The number of anilines is 2. The van der Waals surface area contributed by atoms with Gasteiger partial charge in [-0.15, -0.1) is 5.10 Å². The van der Waals surface area contributed by atoms with E-state index in [-0.39, 0.29) is 46.0 Å². The topological polar surface area (TPSA) is 149 Å². The number of carbonyl (C=O) groups excluding carboxylic acids is 4. The predicted molar refractivity (Wildman–Crippen MR) is 194 cm³/mol. The Morgan fingerprint density at radius 3 is 2.35 bits per heavy atom. The fourth-order valence-electron chi connectivity index (χ4n) is 6.79. The number of hydrogen-bond acceptors (Lipinski definition) is 7. The Morgan fingerprint density at radius 1 is 0.922 bits per heavy atom. The first-order chi connectivity index (χ1) is 24.3. The fourth-order valence-corrected chi connectivity index (χ4v) is 6.79. The number of aryl methyl sites for hydroxylation is 1. The van der Waals surface area contributed by atoms with E-state index >= 15 is 0 Å². The van der Waals surface area contributed by atoms with Gasteiger partial charge in [0.15, 0.2) is 17.2 Å². The van der Waals surface area contributed by atoms with E-state index in [9.17, 15) is 19.2 Å².